The molecule has 0 radical (unpaired) electrons. The number of thiophene rings is 1. The average molecular weight is 553 g/mol. The van der Waals surface area contributed by atoms with Gasteiger partial charge in [-0.1, -0.05) is 66.7 Å². The zero-order valence-electron chi connectivity index (χ0n) is 19.3. The monoisotopic (exact) mass is 552 g/mol. The fraction of sp³-hybridized carbons (Fsp3) is 0.185. The zero-order valence-corrected chi connectivity index (χ0v) is 21.7. The van der Waals surface area contributed by atoms with E-state index in [9.17, 15) is 19.2 Å². The molecule has 2 amide bonds. The van der Waals surface area contributed by atoms with Crippen LogP contribution in [-0.4, -0.2) is 45.1 Å². The summed E-state index contributed by atoms with van der Waals surface area (Å²) in [7, 11) is 0. The van der Waals surface area contributed by atoms with Crippen molar-refractivity contribution in [3.63, 3.8) is 0 Å². The van der Waals surface area contributed by atoms with Crippen molar-refractivity contribution in [1.82, 2.24) is 10.2 Å². The van der Waals surface area contributed by atoms with Gasteiger partial charge in [-0.15, -0.1) is 23.1 Å². The lowest BCUT2D eigenvalue weighted by molar-refractivity contribution is -0.154. The number of fused-ring (bicyclic) bond motifs is 1. The second-order valence-corrected chi connectivity index (χ2v) is 10.9. The molecule has 5 rings (SSSR count). The van der Waals surface area contributed by atoms with E-state index in [1.165, 1.54) is 28.0 Å². The van der Waals surface area contributed by atoms with Crippen LogP contribution in [0.5, 0.6) is 0 Å². The lowest BCUT2D eigenvalue weighted by Crippen LogP contribution is -2.70. The van der Waals surface area contributed by atoms with Gasteiger partial charge in [0.1, 0.15) is 17.1 Å². The quantitative estimate of drug-likeness (QED) is 0.257. The molecule has 2 aliphatic rings. The van der Waals surface area contributed by atoms with Crippen LogP contribution in [0.4, 0.5) is 0 Å². The first-order valence-electron chi connectivity index (χ1n) is 11.4. The third-order valence-corrected chi connectivity index (χ3v) is 8.44. The van der Waals surface area contributed by atoms with Crippen molar-refractivity contribution in [3.05, 3.63) is 105 Å². The van der Waals surface area contributed by atoms with Gasteiger partial charge < -0.3 is 10.1 Å². The number of nitrogens with one attached hydrogen (secondary N) is 1. The summed E-state index contributed by atoms with van der Waals surface area (Å²) >= 11 is 8.55. The number of carbonyl (C=O) groups is 4. The van der Waals surface area contributed by atoms with Crippen LogP contribution in [0.15, 0.2) is 89.4 Å². The maximum atomic E-state index is 13.6. The number of halogens is 1. The van der Waals surface area contributed by atoms with Crippen LogP contribution in [0.25, 0.3) is 0 Å². The Kier molecular flexibility index (Phi) is 7.45. The van der Waals surface area contributed by atoms with E-state index in [0.717, 1.165) is 16.0 Å². The van der Waals surface area contributed by atoms with E-state index in [2.05, 4.69) is 5.32 Å². The summed E-state index contributed by atoms with van der Waals surface area (Å²) in [5.74, 6) is -1.50. The summed E-state index contributed by atoms with van der Waals surface area (Å²) in [6.45, 7) is 0. The molecule has 0 saturated carbocycles. The molecule has 0 aliphatic carbocycles. The van der Waals surface area contributed by atoms with Crippen molar-refractivity contribution in [2.75, 3.05) is 5.75 Å². The Bertz CT molecular complexity index is 1320. The highest BCUT2D eigenvalue weighted by molar-refractivity contribution is 8.00. The maximum Gasteiger partial charge on any atom is 0.356 e. The van der Waals surface area contributed by atoms with E-state index in [1.807, 2.05) is 78.2 Å². The predicted octanol–water partition coefficient (Wildman–Crippen LogP) is 4.04. The molecule has 1 saturated heterocycles. The molecule has 37 heavy (non-hydrogen) atoms. The van der Waals surface area contributed by atoms with Gasteiger partial charge in [0.15, 0.2) is 6.10 Å². The van der Waals surface area contributed by atoms with Crippen LogP contribution >= 0.6 is 34.7 Å². The summed E-state index contributed by atoms with van der Waals surface area (Å²) in [5, 5.41) is 3.26. The van der Waals surface area contributed by atoms with Crippen molar-refractivity contribution in [2.45, 2.75) is 23.9 Å². The Labute approximate surface area is 226 Å². The molecule has 2 atom stereocenters. The molecule has 1 aromatic heterocycles. The summed E-state index contributed by atoms with van der Waals surface area (Å²) in [6.07, 6.45) is -0.607. The van der Waals surface area contributed by atoms with Gasteiger partial charge in [-0.05, 0) is 34.2 Å². The molecule has 10 heteroatoms. The number of esters is 1. The van der Waals surface area contributed by atoms with E-state index in [4.69, 9.17) is 16.3 Å². The van der Waals surface area contributed by atoms with Crippen LogP contribution in [0.1, 0.15) is 22.1 Å². The van der Waals surface area contributed by atoms with Crippen molar-refractivity contribution >= 4 is 57.7 Å². The third kappa shape index (κ3) is 5.20. The molecule has 0 spiro atoms. The summed E-state index contributed by atoms with van der Waals surface area (Å²) in [4.78, 5) is 53.6. The number of carbonyl (C=O) groups excluding carboxylic acids is 4. The fourth-order valence-electron chi connectivity index (χ4n) is 4.30. The van der Waals surface area contributed by atoms with Crippen molar-refractivity contribution in [2.24, 2.45) is 0 Å². The number of rotatable bonds is 8. The van der Waals surface area contributed by atoms with Crippen molar-refractivity contribution in [1.29, 1.82) is 0 Å². The molecule has 2 aromatic carbocycles. The van der Waals surface area contributed by atoms with Crippen molar-refractivity contribution in [3.8, 4) is 0 Å². The van der Waals surface area contributed by atoms with Crippen LogP contribution in [0.3, 0.4) is 0 Å². The topological polar surface area (TPSA) is 92.8 Å². The second kappa shape index (κ2) is 10.9. The molecule has 0 bridgehead atoms. The van der Waals surface area contributed by atoms with Gasteiger partial charge in [-0.2, -0.15) is 0 Å². The van der Waals surface area contributed by atoms with E-state index in [0.29, 0.717) is 0 Å². The van der Waals surface area contributed by atoms with Crippen LogP contribution in [0, 0.1) is 0 Å². The predicted molar refractivity (Wildman–Crippen MR) is 142 cm³/mol. The number of benzene rings is 2. The summed E-state index contributed by atoms with van der Waals surface area (Å²) in [6, 6.07) is 21.3. The lowest BCUT2D eigenvalue weighted by Gasteiger charge is -2.49. The van der Waals surface area contributed by atoms with E-state index >= 15 is 0 Å². The van der Waals surface area contributed by atoms with Gasteiger partial charge in [0.05, 0.1) is 12.0 Å². The first kappa shape index (κ1) is 25.3. The Morgan fingerprint density at radius 3 is 2.22 bits per heavy atom. The Morgan fingerprint density at radius 1 is 1.00 bits per heavy atom. The molecule has 1 fully saturated rings. The fourth-order valence-corrected chi connectivity index (χ4v) is 6.58. The first-order chi connectivity index (χ1) is 17.9. The number of thioether (sulfide) groups is 1. The minimum Gasteiger partial charge on any atom is -0.448 e. The van der Waals surface area contributed by atoms with Gasteiger partial charge in [-0.25, -0.2) is 4.79 Å². The smallest absolute Gasteiger partial charge is 0.356 e. The van der Waals surface area contributed by atoms with Gasteiger partial charge >= 0.3 is 5.97 Å². The number of hydrogen-bond acceptors (Lipinski definition) is 7. The zero-order chi connectivity index (χ0) is 25.9. The Hall–Kier alpha value is -3.40. The number of β-lactam (4-membered cyclic amide) rings is 1. The Morgan fingerprint density at radius 2 is 1.65 bits per heavy atom. The SMILES string of the molecule is O=C(Cc1cccs1)NC1C(=O)N2C(C(=O)OC(c3ccccc3)c3ccccc3)=C(C(=O)Cl)CS[C@H]12. The van der Waals surface area contributed by atoms with Gasteiger partial charge in [0.25, 0.3) is 11.1 Å². The van der Waals surface area contributed by atoms with Crippen LogP contribution in [0.2, 0.25) is 0 Å². The molecule has 3 aromatic rings. The van der Waals surface area contributed by atoms with Crippen molar-refractivity contribution < 1.29 is 23.9 Å². The van der Waals surface area contributed by atoms with E-state index < -0.39 is 34.6 Å². The van der Waals surface area contributed by atoms with E-state index in [1.54, 1.807) is 0 Å². The Balaban J connectivity index is 1.39. The maximum absolute atomic E-state index is 13.6. The van der Waals surface area contributed by atoms with E-state index in [-0.39, 0.29) is 29.4 Å². The number of ether oxygens (including phenoxy) is 1. The summed E-state index contributed by atoms with van der Waals surface area (Å²) < 4.78 is 5.93. The largest absolute Gasteiger partial charge is 0.448 e. The van der Waals surface area contributed by atoms with Gasteiger partial charge in [0.2, 0.25) is 5.91 Å². The highest BCUT2D eigenvalue weighted by Crippen LogP contribution is 2.42. The lowest BCUT2D eigenvalue weighted by atomic mass is 10.0. The minimum atomic E-state index is -0.830. The molecule has 3 heterocycles. The molecule has 2 aliphatic heterocycles. The molecule has 188 valence electrons. The average Bonchev–Trinajstić information content (AvgIpc) is 3.43. The standard InChI is InChI=1S/C27H21ClN2O5S2/c28-24(32)19-15-37-26-21(29-20(31)14-18-12-7-13-36-18)25(33)30(26)22(19)27(34)35-23(16-8-3-1-4-9-16)17-10-5-2-6-11-17/h1-13,21,23,26H,14-15H2,(H,29,31)/t21?,26-/m1/s1. The first-order valence-corrected chi connectivity index (χ1v) is 13.7. The van der Waals surface area contributed by atoms with Gasteiger partial charge in [-0.3, -0.25) is 19.3 Å². The number of nitrogens with zero attached hydrogens (tertiary/aromatic N) is 1. The molecular weight excluding hydrogens is 532 g/mol. The normalized spacial score (nSPS) is 18.8. The molecule has 7 nitrogen and oxygen atoms in total. The molecule has 1 unspecified atom stereocenters. The van der Waals surface area contributed by atoms with Crippen LogP contribution in [-0.2, 0) is 30.3 Å². The number of hydrogen-bond donors (Lipinski definition) is 1. The minimum absolute atomic E-state index is 0.00417. The molecule has 1 N–H and O–H groups in total. The van der Waals surface area contributed by atoms with Crippen LogP contribution < -0.4 is 5.32 Å². The molecular formula is C27H21ClN2O5S2. The van der Waals surface area contributed by atoms with Gasteiger partial charge in [0, 0.05) is 10.6 Å². The third-order valence-electron chi connectivity index (χ3n) is 6.06. The highest BCUT2D eigenvalue weighted by Gasteiger charge is 2.55. The highest BCUT2D eigenvalue weighted by atomic mass is 35.5. The second-order valence-electron chi connectivity index (χ2n) is 8.42. The summed E-state index contributed by atoms with van der Waals surface area (Å²) in [5.41, 5.74) is 1.30. The number of amides is 2.